The molecule has 0 fully saturated rings. The molecular weight excluding hydrogens is 250 g/mol. The van der Waals surface area contributed by atoms with Gasteiger partial charge in [-0.25, -0.2) is 0 Å². The minimum atomic E-state index is -0.0991. The number of hydrogen-bond donors (Lipinski definition) is 1. The largest absolute Gasteiger partial charge is 0.348 e. The summed E-state index contributed by atoms with van der Waals surface area (Å²) in [6.45, 7) is 7.09. The summed E-state index contributed by atoms with van der Waals surface area (Å²) < 4.78 is 1.62. The van der Waals surface area contributed by atoms with Gasteiger partial charge >= 0.3 is 0 Å². The van der Waals surface area contributed by atoms with Gasteiger partial charge in [0.25, 0.3) is 5.91 Å². The number of aryl methyl sites for hydroxylation is 1. The molecule has 20 heavy (non-hydrogen) atoms. The minimum absolute atomic E-state index is 0.0991. The lowest BCUT2D eigenvalue weighted by Gasteiger charge is -2.19. The minimum Gasteiger partial charge on any atom is -0.348 e. The highest BCUT2D eigenvalue weighted by Crippen LogP contribution is 2.22. The number of benzene rings is 1. The smallest absolute Gasteiger partial charge is 0.254 e. The normalized spacial score (nSPS) is 11.4. The topological polar surface area (TPSA) is 46.9 Å². The van der Waals surface area contributed by atoms with Crippen LogP contribution in [0, 0.1) is 0 Å². The first kappa shape index (κ1) is 14.3. The number of carbonyl (C=O) groups excluding carboxylic acids is 1. The Labute approximate surface area is 119 Å². The predicted molar refractivity (Wildman–Crippen MR) is 79.5 cm³/mol. The molecule has 4 heteroatoms. The fraction of sp³-hybridized carbons (Fsp3) is 0.375. The van der Waals surface area contributed by atoms with Crippen LogP contribution in [0.4, 0.5) is 0 Å². The maximum Gasteiger partial charge on any atom is 0.254 e. The molecule has 2 aromatic rings. The second-order valence-corrected chi connectivity index (χ2v) is 6.03. The maximum absolute atomic E-state index is 11.9. The van der Waals surface area contributed by atoms with Crippen molar-refractivity contribution in [2.24, 2.45) is 7.05 Å². The Hall–Kier alpha value is -2.10. The lowest BCUT2D eigenvalue weighted by molar-refractivity contribution is 0.0951. The third-order valence-electron chi connectivity index (χ3n) is 3.24. The Kier molecular flexibility index (Phi) is 3.93. The van der Waals surface area contributed by atoms with Crippen LogP contribution in [-0.2, 0) is 19.0 Å². The second kappa shape index (κ2) is 5.49. The fourth-order valence-electron chi connectivity index (χ4n) is 1.95. The van der Waals surface area contributed by atoms with Crippen molar-refractivity contribution in [3.05, 3.63) is 53.3 Å². The molecule has 0 spiro atoms. The molecule has 0 saturated carbocycles. The molecular formula is C16H21N3O. The van der Waals surface area contributed by atoms with Crippen molar-refractivity contribution in [1.82, 2.24) is 15.1 Å². The molecule has 0 bridgehead atoms. The number of nitrogens with zero attached hydrogens (tertiary/aromatic N) is 2. The van der Waals surface area contributed by atoms with Gasteiger partial charge in [0.15, 0.2) is 0 Å². The van der Waals surface area contributed by atoms with Crippen molar-refractivity contribution in [3.8, 4) is 0 Å². The van der Waals surface area contributed by atoms with Crippen molar-refractivity contribution in [2.45, 2.75) is 32.7 Å². The summed E-state index contributed by atoms with van der Waals surface area (Å²) in [4.78, 5) is 11.9. The molecule has 0 aliphatic carbocycles. The van der Waals surface area contributed by atoms with Crippen LogP contribution in [0.25, 0.3) is 0 Å². The SMILES string of the molecule is Cn1cc(C(=O)NCc2ccc(C(C)(C)C)cc2)cn1. The predicted octanol–water partition coefficient (Wildman–Crippen LogP) is 2.65. The number of amides is 1. The van der Waals surface area contributed by atoms with E-state index in [2.05, 4.69) is 55.5 Å². The lowest BCUT2D eigenvalue weighted by Crippen LogP contribution is -2.22. The van der Waals surface area contributed by atoms with Crippen LogP contribution in [0.1, 0.15) is 42.3 Å². The third kappa shape index (κ3) is 3.47. The highest BCUT2D eigenvalue weighted by molar-refractivity contribution is 5.93. The van der Waals surface area contributed by atoms with Crippen molar-refractivity contribution in [1.29, 1.82) is 0 Å². The summed E-state index contributed by atoms with van der Waals surface area (Å²) in [5, 5.41) is 6.88. The van der Waals surface area contributed by atoms with Crippen LogP contribution in [0.3, 0.4) is 0 Å². The molecule has 1 aromatic carbocycles. The van der Waals surface area contributed by atoms with Crippen LogP contribution in [-0.4, -0.2) is 15.7 Å². The van der Waals surface area contributed by atoms with E-state index in [0.29, 0.717) is 12.1 Å². The molecule has 106 valence electrons. The van der Waals surface area contributed by atoms with Gasteiger partial charge in [0.2, 0.25) is 0 Å². The molecule has 1 aromatic heterocycles. The Morgan fingerprint density at radius 1 is 1.25 bits per heavy atom. The van der Waals surface area contributed by atoms with E-state index in [1.165, 1.54) is 5.56 Å². The van der Waals surface area contributed by atoms with Gasteiger partial charge in [-0.05, 0) is 16.5 Å². The van der Waals surface area contributed by atoms with Gasteiger partial charge in [-0.3, -0.25) is 9.48 Å². The van der Waals surface area contributed by atoms with Gasteiger partial charge in [0.1, 0.15) is 0 Å². The molecule has 4 nitrogen and oxygen atoms in total. The fourth-order valence-corrected chi connectivity index (χ4v) is 1.95. The number of aromatic nitrogens is 2. The van der Waals surface area contributed by atoms with E-state index in [1.54, 1.807) is 24.1 Å². The average molecular weight is 271 g/mol. The van der Waals surface area contributed by atoms with Gasteiger partial charge in [-0.15, -0.1) is 0 Å². The summed E-state index contributed by atoms with van der Waals surface area (Å²) in [5.41, 5.74) is 3.12. The molecule has 0 unspecified atom stereocenters. The Balaban J connectivity index is 1.96. The molecule has 0 aliphatic rings. The number of nitrogens with one attached hydrogen (secondary N) is 1. The number of carbonyl (C=O) groups is 1. The second-order valence-electron chi connectivity index (χ2n) is 6.03. The van der Waals surface area contributed by atoms with E-state index in [0.717, 1.165) is 5.56 Å². The molecule has 2 rings (SSSR count). The van der Waals surface area contributed by atoms with Crippen LogP contribution in [0.5, 0.6) is 0 Å². The Morgan fingerprint density at radius 2 is 1.90 bits per heavy atom. The molecule has 1 N–H and O–H groups in total. The summed E-state index contributed by atoms with van der Waals surface area (Å²) in [6, 6.07) is 8.35. The Bertz CT molecular complexity index is 591. The molecule has 1 amide bonds. The monoisotopic (exact) mass is 271 g/mol. The van der Waals surface area contributed by atoms with Crippen molar-refractivity contribution < 1.29 is 4.79 Å². The molecule has 0 atom stereocenters. The van der Waals surface area contributed by atoms with E-state index < -0.39 is 0 Å². The summed E-state index contributed by atoms with van der Waals surface area (Å²) in [5.74, 6) is -0.0991. The molecule has 0 radical (unpaired) electrons. The van der Waals surface area contributed by atoms with Gasteiger partial charge in [-0.1, -0.05) is 45.0 Å². The third-order valence-corrected chi connectivity index (χ3v) is 3.24. The molecule has 0 saturated heterocycles. The summed E-state index contributed by atoms with van der Waals surface area (Å²) in [7, 11) is 1.79. The van der Waals surface area contributed by atoms with Crippen LogP contribution < -0.4 is 5.32 Å². The van der Waals surface area contributed by atoms with Gasteiger partial charge in [-0.2, -0.15) is 5.10 Å². The zero-order valence-corrected chi connectivity index (χ0v) is 12.5. The van der Waals surface area contributed by atoms with Crippen LogP contribution in [0.2, 0.25) is 0 Å². The van der Waals surface area contributed by atoms with Crippen LogP contribution >= 0.6 is 0 Å². The number of rotatable bonds is 3. The standard InChI is InChI=1S/C16H21N3O/c1-16(2,3)14-7-5-12(6-8-14)9-17-15(20)13-10-18-19(4)11-13/h5-8,10-11H,9H2,1-4H3,(H,17,20). The molecule has 0 aliphatic heterocycles. The van der Waals surface area contributed by atoms with Crippen molar-refractivity contribution in [3.63, 3.8) is 0 Å². The first-order chi connectivity index (χ1) is 9.36. The van der Waals surface area contributed by atoms with E-state index >= 15 is 0 Å². The average Bonchev–Trinajstić information content (AvgIpc) is 2.82. The summed E-state index contributed by atoms with van der Waals surface area (Å²) in [6.07, 6.45) is 3.27. The highest BCUT2D eigenvalue weighted by Gasteiger charge is 2.13. The highest BCUT2D eigenvalue weighted by atomic mass is 16.1. The lowest BCUT2D eigenvalue weighted by atomic mass is 9.87. The van der Waals surface area contributed by atoms with Gasteiger partial charge in [0, 0.05) is 19.8 Å². The first-order valence-electron chi connectivity index (χ1n) is 6.72. The summed E-state index contributed by atoms with van der Waals surface area (Å²) >= 11 is 0. The van der Waals surface area contributed by atoms with E-state index in [-0.39, 0.29) is 11.3 Å². The Morgan fingerprint density at radius 3 is 2.40 bits per heavy atom. The zero-order chi connectivity index (χ0) is 14.8. The van der Waals surface area contributed by atoms with Crippen molar-refractivity contribution in [2.75, 3.05) is 0 Å². The van der Waals surface area contributed by atoms with E-state index in [1.807, 2.05) is 0 Å². The van der Waals surface area contributed by atoms with Crippen LogP contribution in [0.15, 0.2) is 36.7 Å². The van der Waals surface area contributed by atoms with E-state index in [4.69, 9.17) is 0 Å². The van der Waals surface area contributed by atoms with Crippen molar-refractivity contribution >= 4 is 5.91 Å². The van der Waals surface area contributed by atoms with Gasteiger partial charge in [0.05, 0.1) is 11.8 Å². The maximum atomic E-state index is 11.9. The van der Waals surface area contributed by atoms with Gasteiger partial charge < -0.3 is 5.32 Å². The number of hydrogen-bond acceptors (Lipinski definition) is 2. The van der Waals surface area contributed by atoms with E-state index in [9.17, 15) is 4.79 Å². The zero-order valence-electron chi connectivity index (χ0n) is 12.5. The first-order valence-corrected chi connectivity index (χ1v) is 6.72. The quantitative estimate of drug-likeness (QED) is 0.933. The molecule has 1 heterocycles.